The van der Waals surface area contributed by atoms with Crippen LogP contribution in [0.4, 0.5) is 4.39 Å². The second-order valence-corrected chi connectivity index (χ2v) is 9.46. The molecule has 4 aromatic carbocycles. The van der Waals surface area contributed by atoms with E-state index >= 15 is 0 Å². The maximum atomic E-state index is 14.3. The molecule has 0 saturated carbocycles. The van der Waals surface area contributed by atoms with Crippen LogP contribution in [0.2, 0.25) is 0 Å². The topological polar surface area (TPSA) is 40.8 Å². The van der Waals surface area contributed by atoms with E-state index in [2.05, 4.69) is 36.4 Å². The summed E-state index contributed by atoms with van der Waals surface area (Å²) in [6, 6.07) is 30.7. The summed E-state index contributed by atoms with van der Waals surface area (Å²) < 4.78 is 22.7. The molecule has 0 atom stereocenters. The molecule has 0 aliphatic rings. The lowest BCUT2D eigenvalue weighted by Gasteiger charge is -2.07. The molecule has 6 aromatic rings. The average Bonchev–Trinajstić information content (AvgIpc) is 3.31. The second-order valence-electron chi connectivity index (χ2n) is 9.46. The molecule has 0 aliphatic heterocycles. The van der Waals surface area contributed by atoms with Crippen LogP contribution in [-0.2, 0) is 7.05 Å². The van der Waals surface area contributed by atoms with Crippen molar-refractivity contribution in [3.63, 3.8) is 0 Å². The first-order chi connectivity index (χ1) is 18.0. The fourth-order valence-electron chi connectivity index (χ4n) is 5.14. The van der Waals surface area contributed by atoms with Crippen molar-refractivity contribution in [3.8, 4) is 39.6 Å². The van der Waals surface area contributed by atoms with E-state index < -0.39 is 0 Å². The lowest BCUT2D eigenvalue weighted by molar-refractivity contribution is -0.662. The minimum Gasteiger partial charge on any atom is -0.454 e. The van der Waals surface area contributed by atoms with E-state index in [9.17, 15) is 9.65 Å². The Morgan fingerprint density at radius 1 is 0.784 bits per heavy atom. The Kier molecular flexibility index (Phi) is 5.35. The Morgan fingerprint density at radius 3 is 2.32 bits per heavy atom. The number of fused-ring (bicyclic) bond motifs is 3. The number of nitriles is 1. The van der Waals surface area contributed by atoms with Gasteiger partial charge in [-0.15, -0.1) is 0 Å². The summed E-state index contributed by atoms with van der Waals surface area (Å²) in [5, 5.41) is 11.6. The fourth-order valence-corrected chi connectivity index (χ4v) is 5.14. The summed E-state index contributed by atoms with van der Waals surface area (Å²) in [6.45, 7) is 3.79. The van der Waals surface area contributed by atoms with Crippen LogP contribution in [0, 0.1) is 31.0 Å². The number of hydrogen-bond acceptors (Lipinski definition) is 2. The summed E-state index contributed by atoms with van der Waals surface area (Å²) in [4.78, 5) is 0. The van der Waals surface area contributed by atoms with Crippen LogP contribution in [0.1, 0.15) is 16.7 Å². The van der Waals surface area contributed by atoms with Gasteiger partial charge in [0.15, 0.2) is 5.82 Å². The molecule has 0 aliphatic carbocycles. The zero-order valence-electron chi connectivity index (χ0n) is 20.8. The standard InChI is InChI=1S/C33H24FN2O/c1-20-12-14-27-31-25(18-35)13-15-26(24-11-7-10-23(17-24)22-8-5-4-6-9-22)32(31)37-33(27)30(20)29-16-21(2)28(34)19-36(29)3/h4-17,19H,1-3H3/q+1. The van der Waals surface area contributed by atoms with Gasteiger partial charge in [-0.05, 0) is 59.9 Å². The highest BCUT2D eigenvalue weighted by Crippen LogP contribution is 2.42. The van der Waals surface area contributed by atoms with E-state index in [-0.39, 0.29) is 5.82 Å². The molecule has 0 fully saturated rings. The SMILES string of the molecule is Cc1cc(-c2c(C)ccc3c2oc2c(-c4cccc(-c5ccccc5)c4)ccc(C#N)c23)[n+](C)cc1F. The third kappa shape index (κ3) is 3.68. The van der Waals surface area contributed by atoms with E-state index in [4.69, 9.17) is 4.42 Å². The zero-order chi connectivity index (χ0) is 25.7. The number of rotatable bonds is 3. The highest BCUT2D eigenvalue weighted by Gasteiger charge is 2.24. The number of furan rings is 1. The number of benzene rings is 4. The van der Waals surface area contributed by atoms with E-state index in [1.807, 2.05) is 68.6 Å². The van der Waals surface area contributed by atoms with Crippen molar-refractivity contribution in [2.75, 3.05) is 0 Å². The van der Waals surface area contributed by atoms with E-state index in [1.54, 1.807) is 11.5 Å². The predicted octanol–water partition coefficient (Wildman–Crippen LogP) is 8.04. The molecule has 37 heavy (non-hydrogen) atoms. The van der Waals surface area contributed by atoms with Crippen molar-refractivity contribution >= 4 is 21.9 Å². The zero-order valence-corrected chi connectivity index (χ0v) is 20.8. The third-order valence-corrected chi connectivity index (χ3v) is 7.07. The molecule has 0 radical (unpaired) electrons. The maximum Gasteiger partial charge on any atom is 0.216 e. The van der Waals surface area contributed by atoms with Gasteiger partial charge in [0.05, 0.1) is 17.2 Å². The van der Waals surface area contributed by atoms with Crippen LogP contribution in [0.25, 0.3) is 55.4 Å². The highest BCUT2D eigenvalue weighted by atomic mass is 19.1. The minimum absolute atomic E-state index is 0.256. The van der Waals surface area contributed by atoms with Crippen LogP contribution in [0.3, 0.4) is 0 Å². The second kappa shape index (κ2) is 8.72. The van der Waals surface area contributed by atoms with Gasteiger partial charge in [-0.1, -0.05) is 60.7 Å². The van der Waals surface area contributed by atoms with Crippen molar-refractivity contribution in [1.29, 1.82) is 5.26 Å². The quantitative estimate of drug-likeness (QED) is 0.239. The Labute approximate surface area is 214 Å². The van der Waals surface area contributed by atoms with Crippen LogP contribution in [0.15, 0.2) is 95.5 Å². The Morgan fingerprint density at radius 2 is 1.54 bits per heavy atom. The van der Waals surface area contributed by atoms with Gasteiger partial charge >= 0.3 is 0 Å². The van der Waals surface area contributed by atoms with Gasteiger partial charge < -0.3 is 4.42 Å². The van der Waals surface area contributed by atoms with Crippen LogP contribution in [0.5, 0.6) is 0 Å². The first kappa shape index (κ1) is 22.7. The molecule has 0 N–H and O–H groups in total. The van der Waals surface area contributed by atoms with E-state index in [0.29, 0.717) is 22.3 Å². The number of nitrogens with zero attached hydrogens (tertiary/aromatic N) is 2. The molecule has 0 unspecified atom stereocenters. The lowest BCUT2D eigenvalue weighted by Crippen LogP contribution is -2.31. The Hall–Kier alpha value is -4.75. The van der Waals surface area contributed by atoms with Gasteiger partial charge in [0.25, 0.3) is 0 Å². The van der Waals surface area contributed by atoms with Gasteiger partial charge in [-0.3, -0.25) is 0 Å². The molecule has 2 heterocycles. The summed E-state index contributed by atoms with van der Waals surface area (Å²) >= 11 is 0. The van der Waals surface area contributed by atoms with Crippen molar-refractivity contribution in [3.05, 3.63) is 114 Å². The predicted molar refractivity (Wildman–Crippen MR) is 145 cm³/mol. The smallest absolute Gasteiger partial charge is 0.216 e. The summed E-state index contributed by atoms with van der Waals surface area (Å²) in [6.07, 6.45) is 1.49. The van der Waals surface area contributed by atoms with E-state index in [1.165, 1.54) is 6.20 Å². The molecular weight excluding hydrogens is 459 g/mol. The summed E-state index contributed by atoms with van der Waals surface area (Å²) in [7, 11) is 1.83. The first-order valence-corrected chi connectivity index (χ1v) is 12.2. The summed E-state index contributed by atoms with van der Waals surface area (Å²) in [5.74, 6) is -0.256. The van der Waals surface area contributed by atoms with Crippen molar-refractivity contribution in [2.45, 2.75) is 13.8 Å². The van der Waals surface area contributed by atoms with Crippen molar-refractivity contribution in [2.24, 2.45) is 7.05 Å². The van der Waals surface area contributed by atoms with Gasteiger partial charge in [0.1, 0.15) is 18.2 Å². The van der Waals surface area contributed by atoms with Gasteiger partial charge in [-0.25, -0.2) is 4.39 Å². The average molecular weight is 484 g/mol. The number of aromatic nitrogens is 1. The number of aryl methyl sites for hydroxylation is 3. The number of pyridine rings is 1. The highest BCUT2D eigenvalue weighted by molar-refractivity contribution is 6.15. The van der Waals surface area contributed by atoms with Gasteiger partial charge in [0, 0.05) is 22.4 Å². The molecule has 0 bridgehead atoms. The summed E-state index contributed by atoms with van der Waals surface area (Å²) in [5.41, 5.74) is 9.43. The molecular formula is C33H24FN2O+. The monoisotopic (exact) mass is 483 g/mol. The molecule has 6 rings (SSSR count). The number of hydrogen-bond donors (Lipinski definition) is 0. The lowest BCUT2D eigenvalue weighted by atomic mass is 9.95. The molecule has 0 amide bonds. The minimum atomic E-state index is -0.256. The van der Waals surface area contributed by atoms with Gasteiger partial charge in [-0.2, -0.15) is 9.83 Å². The first-order valence-electron chi connectivity index (χ1n) is 12.2. The van der Waals surface area contributed by atoms with Crippen LogP contribution in [-0.4, -0.2) is 0 Å². The van der Waals surface area contributed by atoms with Crippen molar-refractivity contribution in [1.82, 2.24) is 0 Å². The largest absolute Gasteiger partial charge is 0.454 e. The molecule has 3 nitrogen and oxygen atoms in total. The molecule has 2 aromatic heterocycles. The Bertz CT molecular complexity index is 1880. The molecule has 0 saturated heterocycles. The normalized spacial score (nSPS) is 11.2. The fraction of sp³-hybridized carbons (Fsp3) is 0.0909. The number of halogens is 1. The van der Waals surface area contributed by atoms with Gasteiger partial charge in [0.2, 0.25) is 11.9 Å². The van der Waals surface area contributed by atoms with Crippen LogP contribution >= 0.6 is 0 Å². The maximum absolute atomic E-state index is 14.3. The van der Waals surface area contributed by atoms with E-state index in [0.717, 1.165) is 49.8 Å². The molecule has 178 valence electrons. The molecule has 4 heteroatoms. The Balaban J connectivity index is 1.66. The van der Waals surface area contributed by atoms with Crippen molar-refractivity contribution < 1.29 is 13.4 Å². The molecule has 0 spiro atoms. The van der Waals surface area contributed by atoms with Crippen LogP contribution < -0.4 is 4.57 Å². The third-order valence-electron chi connectivity index (χ3n) is 7.07.